The minimum absolute atomic E-state index is 0.268. The van der Waals surface area contributed by atoms with Crippen LogP contribution in [0.25, 0.3) is 0 Å². The van der Waals surface area contributed by atoms with Gasteiger partial charge in [0.15, 0.2) is 0 Å². The molecule has 1 aliphatic heterocycles. The fourth-order valence-corrected chi connectivity index (χ4v) is 1.68. The Labute approximate surface area is 88.1 Å². The van der Waals surface area contributed by atoms with E-state index in [1.165, 1.54) is 0 Å². The van der Waals surface area contributed by atoms with Gasteiger partial charge in [0.25, 0.3) is 0 Å². The molecule has 1 aromatic carbocycles. The largest absolute Gasteiger partial charge is 0.491 e. The molecule has 0 aromatic heterocycles. The molecule has 1 aliphatic rings. The average molecular weight is 207 g/mol. The fourth-order valence-electron chi connectivity index (χ4n) is 1.68. The maximum atomic E-state index is 10.8. The quantitative estimate of drug-likeness (QED) is 0.760. The first-order valence-corrected chi connectivity index (χ1v) is 4.90. The van der Waals surface area contributed by atoms with Gasteiger partial charge in [0.1, 0.15) is 5.75 Å². The van der Waals surface area contributed by atoms with Gasteiger partial charge in [-0.1, -0.05) is 0 Å². The van der Waals surface area contributed by atoms with Crippen LogP contribution in [0.4, 0.5) is 5.69 Å². The molecular formula is C11H13NO3. The van der Waals surface area contributed by atoms with Crippen LogP contribution in [0.2, 0.25) is 0 Å². The molecule has 0 fully saturated rings. The number of nitrogens with zero attached hydrogens (tertiary/aromatic N) is 1. The number of fused-ring (bicyclic) bond motifs is 1. The van der Waals surface area contributed by atoms with E-state index in [9.17, 15) is 4.79 Å². The number of rotatable bonds is 1. The van der Waals surface area contributed by atoms with E-state index in [2.05, 4.69) is 4.90 Å². The Hall–Kier alpha value is -1.71. The SMILES string of the molecule is CN1CCCOc2cc(C(=O)O)ccc21. The molecule has 0 aliphatic carbocycles. The molecule has 0 saturated carbocycles. The van der Waals surface area contributed by atoms with E-state index in [1.54, 1.807) is 18.2 Å². The molecule has 0 bridgehead atoms. The van der Waals surface area contributed by atoms with E-state index >= 15 is 0 Å². The molecular weight excluding hydrogens is 194 g/mol. The Bertz CT molecular complexity index is 389. The number of carboxylic acids is 1. The monoisotopic (exact) mass is 207 g/mol. The number of anilines is 1. The van der Waals surface area contributed by atoms with E-state index in [-0.39, 0.29) is 5.56 Å². The summed E-state index contributed by atoms with van der Waals surface area (Å²) in [6.45, 7) is 1.57. The second kappa shape index (κ2) is 3.81. The topological polar surface area (TPSA) is 49.8 Å². The zero-order chi connectivity index (χ0) is 10.8. The van der Waals surface area contributed by atoms with Crippen LogP contribution in [-0.4, -0.2) is 31.3 Å². The van der Waals surface area contributed by atoms with Crippen molar-refractivity contribution >= 4 is 11.7 Å². The number of carbonyl (C=O) groups is 1. The molecule has 4 heteroatoms. The lowest BCUT2D eigenvalue weighted by Gasteiger charge is -2.17. The van der Waals surface area contributed by atoms with E-state index in [1.807, 2.05) is 7.05 Å². The normalized spacial score (nSPS) is 15.1. The number of hydrogen-bond acceptors (Lipinski definition) is 3. The molecule has 0 unspecified atom stereocenters. The van der Waals surface area contributed by atoms with Gasteiger partial charge >= 0.3 is 5.97 Å². The highest BCUT2D eigenvalue weighted by atomic mass is 16.5. The van der Waals surface area contributed by atoms with Crippen molar-refractivity contribution in [2.24, 2.45) is 0 Å². The molecule has 1 aromatic rings. The maximum Gasteiger partial charge on any atom is 0.335 e. The summed E-state index contributed by atoms with van der Waals surface area (Å²) in [5.41, 5.74) is 1.22. The lowest BCUT2D eigenvalue weighted by molar-refractivity contribution is 0.0696. The summed E-state index contributed by atoms with van der Waals surface area (Å²) in [6, 6.07) is 4.98. The number of carboxylic acid groups (broad SMARTS) is 1. The zero-order valence-corrected chi connectivity index (χ0v) is 8.56. The highest BCUT2D eigenvalue weighted by molar-refractivity contribution is 5.89. The van der Waals surface area contributed by atoms with Crippen LogP contribution < -0.4 is 9.64 Å². The third-order valence-corrected chi connectivity index (χ3v) is 2.51. The van der Waals surface area contributed by atoms with Crippen molar-refractivity contribution in [2.45, 2.75) is 6.42 Å². The van der Waals surface area contributed by atoms with E-state index in [4.69, 9.17) is 9.84 Å². The summed E-state index contributed by atoms with van der Waals surface area (Å²) in [7, 11) is 1.98. The minimum atomic E-state index is -0.923. The maximum absolute atomic E-state index is 10.8. The first kappa shape index (κ1) is 9.83. The molecule has 2 rings (SSSR count). The standard InChI is InChI=1S/C11H13NO3/c1-12-5-2-6-15-10-7-8(11(13)14)3-4-9(10)12/h3-4,7H,2,5-6H2,1H3,(H,13,14). The van der Waals surface area contributed by atoms with Crippen molar-refractivity contribution in [3.8, 4) is 5.75 Å². The second-order valence-corrected chi connectivity index (χ2v) is 3.61. The molecule has 0 saturated heterocycles. The van der Waals surface area contributed by atoms with Crippen molar-refractivity contribution in [3.63, 3.8) is 0 Å². The van der Waals surface area contributed by atoms with Crippen molar-refractivity contribution in [3.05, 3.63) is 23.8 Å². The third-order valence-electron chi connectivity index (χ3n) is 2.51. The van der Waals surface area contributed by atoms with Crippen molar-refractivity contribution in [2.75, 3.05) is 25.1 Å². The summed E-state index contributed by atoms with van der Waals surface area (Å²) < 4.78 is 5.50. The van der Waals surface area contributed by atoms with Gasteiger partial charge in [-0.2, -0.15) is 0 Å². The van der Waals surface area contributed by atoms with Gasteiger partial charge in [-0.15, -0.1) is 0 Å². The van der Waals surface area contributed by atoms with Crippen LogP contribution in [0, 0.1) is 0 Å². The molecule has 15 heavy (non-hydrogen) atoms. The van der Waals surface area contributed by atoms with Crippen LogP contribution in [0.5, 0.6) is 5.75 Å². The third kappa shape index (κ3) is 1.88. The summed E-state index contributed by atoms with van der Waals surface area (Å²) in [5.74, 6) is -0.261. The molecule has 1 heterocycles. The van der Waals surface area contributed by atoms with Crippen molar-refractivity contribution in [1.29, 1.82) is 0 Å². The van der Waals surface area contributed by atoms with Gasteiger partial charge in [-0.05, 0) is 24.6 Å². The molecule has 4 nitrogen and oxygen atoms in total. The van der Waals surface area contributed by atoms with Gasteiger partial charge in [0.05, 0.1) is 17.9 Å². The van der Waals surface area contributed by atoms with Crippen molar-refractivity contribution < 1.29 is 14.6 Å². The Morgan fingerprint density at radius 1 is 1.53 bits per heavy atom. The van der Waals surface area contributed by atoms with E-state index in [0.29, 0.717) is 12.4 Å². The second-order valence-electron chi connectivity index (χ2n) is 3.61. The molecule has 1 N–H and O–H groups in total. The summed E-state index contributed by atoms with van der Waals surface area (Å²) in [6.07, 6.45) is 0.952. The number of hydrogen-bond donors (Lipinski definition) is 1. The van der Waals surface area contributed by atoms with Crippen LogP contribution in [0.3, 0.4) is 0 Å². The van der Waals surface area contributed by atoms with Gasteiger partial charge in [0.2, 0.25) is 0 Å². The molecule has 0 amide bonds. The average Bonchev–Trinajstić information content (AvgIpc) is 2.40. The summed E-state index contributed by atoms with van der Waals surface area (Å²) in [5, 5.41) is 8.85. The number of aromatic carboxylic acids is 1. The van der Waals surface area contributed by atoms with Gasteiger partial charge in [-0.25, -0.2) is 4.79 Å². The van der Waals surface area contributed by atoms with E-state index in [0.717, 1.165) is 18.7 Å². The Kier molecular flexibility index (Phi) is 2.49. The van der Waals surface area contributed by atoms with Gasteiger partial charge < -0.3 is 14.7 Å². The molecule has 0 atom stereocenters. The van der Waals surface area contributed by atoms with E-state index < -0.39 is 5.97 Å². The molecule has 80 valence electrons. The van der Waals surface area contributed by atoms with Gasteiger partial charge in [0, 0.05) is 13.6 Å². The number of benzene rings is 1. The zero-order valence-electron chi connectivity index (χ0n) is 8.56. The predicted molar refractivity (Wildman–Crippen MR) is 56.8 cm³/mol. The number of ether oxygens (including phenoxy) is 1. The Morgan fingerprint density at radius 2 is 2.33 bits per heavy atom. The first-order valence-electron chi connectivity index (χ1n) is 4.90. The summed E-state index contributed by atoms with van der Waals surface area (Å²) in [4.78, 5) is 12.9. The summed E-state index contributed by atoms with van der Waals surface area (Å²) >= 11 is 0. The van der Waals surface area contributed by atoms with Crippen molar-refractivity contribution in [1.82, 2.24) is 0 Å². The Morgan fingerprint density at radius 3 is 3.07 bits per heavy atom. The smallest absolute Gasteiger partial charge is 0.335 e. The van der Waals surface area contributed by atoms with Crippen LogP contribution >= 0.6 is 0 Å². The minimum Gasteiger partial charge on any atom is -0.491 e. The first-order chi connectivity index (χ1) is 7.18. The van der Waals surface area contributed by atoms with Crippen LogP contribution in [-0.2, 0) is 0 Å². The lowest BCUT2D eigenvalue weighted by atomic mass is 10.2. The predicted octanol–water partition coefficient (Wildman–Crippen LogP) is 1.60. The highest BCUT2D eigenvalue weighted by Crippen LogP contribution is 2.30. The Balaban J connectivity index is 2.42. The lowest BCUT2D eigenvalue weighted by Crippen LogP contribution is -2.17. The molecule has 0 spiro atoms. The molecule has 0 radical (unpaired) electrons. The van der Waals surface area contributed by atoms with Crippen LogP contribution in [0.15, 0.2) is 18.2 Å². The highest BCUT2D eigenvalue weighted by Gasteiger charge is 2.15. The van der Waals surface area contributed by atoms with Crippen LogP contribution in [0.1, 0.15) is 16.8 Å². The van der Waals surface area contributed by atoms with Gasteiger partial charge in [-0.3, -0.25) is 0 Å². The fraction of sp³-hybridized carbons (Fsp3) is 0.364.